The van der Waals surface area contributed by atoms with E-state index in [2.05, 4.69) is 4.74 Å². The van der Waals surface area contributed by atoms with Crippen LogP contribution in [0.2, 0.25) is 0 Å². The number of amides is 1. The van der Waals surface area contributed by atoms with Gasteiger partial charge in [0.15, 0.2) is 6.29 Å². The Morgan fingerprint density at radius 3 is 2.76 bits per heavy atom. The molecule has 2 unspecified atom stereocenters. The smallest absolute Gasteiger partial charge is 0.411 e. The molecular formula is C11H21NO5. The lowest BCUT2D eigenvalue weighted by Crippen LogP contribution is -2.43. The fraction of sp³-hybridized carbons (Fsp3) is 0.909. The van der Waals surface area contributed by atoms with Crippen molar-refractivity contribution in [3.63, 3.8) is 0 Å². The van der Waals surface area contributed by atoms with Crippen molar-refractivity contribution >= 4 is 6.09 Å². The molecule has 1 amide bonds. The number of nitrogens with zero attached hydrogens (tertiary/aromatic N) is 1. The van der Waals surface area contributed by atoms with Gasteiger partial charge in [-0.25, -0.2) is 4.79 Å². The number of aliphatic hydroxyl groups is 1. The lowest BCUT2D eigenvalue weighted by Gasteiger charge is -2.26. The van der Waals surface area contributed by atoms with E-state index in [1.165, 1.54) is 12.0 Å². The van der Waals surface area contributed by atoms with E-state index in [-0.39, 0.29) is 12.3 Å². The summed E-state index contributed by atoms with van der Waals surface area (Å²) in [6.07, 6.45) is -0.357. The molecule has 0 saturated carbocycles. The van der Waals surface area contributed by atoms with Crippen LogP contribution in [0, 0.1) is 0 Å². The van der Waals surface area contributed by atoms with Gasteiger partial charge < -0.3 is 19.3 Å². The van der Waals surface area contributed by atoms with Gasteiger partial charge in [0.05, 0.1) is 19.8 Å². The van der Waals surface area contributed by atoms with Gasteiger partial charge in [-0.15, -0.1) is 0 Å². The number of ether oxygens (including phenoxy) is 3. The molecule has 0 aromatic carbocycles. The molecule has 6 nitrogen and oxygen atoms in total. The van der Waals surface area contributed by atoms with Gasteiger partial charge in [-0.05, 0) is 26.7 Å². The van der Waals surface area contributed by atoms with Crippen LogP contribution in [0.1, 0.15) is 26.7 Å². The normalized spacial score (nSPS) is 26.0. The second-order valence-corrected chi connectivity index (χ2v) is 3.95. The van der Waals surface area contributed by atoms with E-state index in [4.69, 9.17) is 9.47 Å². The molecule has 1 aliphatic heterocycles. The molecule has 0 bridgehead atoms. The number of aliphatic hydroxyl groups excluding tert-OH is 1. The van der Waals surface area contributed by atoms with Gasteiger partial charge in [0, 0.05) is 6.61 Å². The number of carbonyl (C=O) groups excluding carboxylic acids is 1. The average molecular weight is 247 g/mol. The molecule has 1 N–H and O–H groups in total. The van der Waals surface area contributed by atoms with Crippen LogP contribution in [0.5, 0.6) is 0 Å². The molecule has 0 aromatic heterocycles. The van der Waals surface area contributed by atoms with Gasteiger partial charge in [0.2, 0.25) is 0 Å². The summed E-state index contributed by atoms with van der Waals surface area (Å²) < 4.78 is 15.3. The lowest BCUT2D eigenvalue weighted by atomic mass is 10.2. The van der Waals surface area contributed by atoms with Crippen LogP contribution in [-0.4, -0.2) is 55.0 Å². The Hall–Kier alpha value is -0.850. The van der Waals surface area contributed by atoms with Gasteiger partial charge in [0.25, 0.3) is 0 Å². The van der Waals surface area contributed by atoms with E-state index in [0.29, 0.717) is 26.1 Å². The molecular weight excluding hydrogens is 226 g/mol. The fourth-order valence-electron chi connectivity index (χ4n) is 1.93. The van der Waals surface area contributed by atoms with Crippen LogP contribution in [0.25, 0.3) is 0 Å². The fourth-order valence-corrected chi connectivity index (χ4v) is 1.93. The summed E-state index contributed by atoms with van der Waals surface area (Å²) in [7, 11) is 1.30. The molecule has 1 aliphatic rings. The molecule has 6 heteroatoms. The summed E-state index contributed by atoms with van der Waals surface area (Å²) >= 11 is 0. The van der Waals surface area contributed by atoms with Crippen LogP contribution >= 0.6 is 0 Å². The molecule has 1 heterocycles. The van der Waals surface area contributed by atoms with Crippen LogP contribution in [0.3, 0.4) is 0 Å². The van der Waals surface area contributed by atoms with E-state index in [1.807, 2.05) is 6.92 Å². The standard InChI is InChI=1S/C11H21NO5/c1-4-16-8(2)17-7-9-5-6-10(13)12(9)11(14)15-3/h8-10,13H,4-7H2,1-3H3/t8?,9-,10?/m0/s1. The predicted octanol–water partition coefficient (Wildman–Crippen LogP) is 0.935. The maximum Gasteiger partial charge on any atom is 0.411 e. The number of carbonyl (C=O) groups is 1. The van der Waals surface area contributed by atoms with Crippen LogP contribution < -0.4 is 0 Å². The summed E-state index contributed by atoms with van der Waals surface area (Å²) in [6.45, 7) is 4.61. The number of hydrogen-bond donors (Lipinski definition) is 1. The Labute approximate surface area is 101 Å². The van der Waals surface area contributed by atoms with Gasteiger partial charge in [-0.1, -0.05) is 0 Å². The van der Waals surface area contributed by atoms with Crippen molar-refractivity contribution in [2.24, 2.45) is 0 Å². The molecule has 0 aromatic rings. The zero-order chi connectivity index (χ0) is 12.8. The molecule has 1 fully saturated rings. The summed E-state index contributed by atoms with van der Waals surface area (Å²) in [5, 5.41) is 9.67. The topological polar surface area (TPSA) is 68.2 Å². The van der Waals surface area contributed by atoms with Gasteiger partial charge in [-0.3, -0.25) is 4.90 Å². The molecule has 3 atom stereocenters. The Balaban J connectivity index is 2.44. The van der Waals surface area contributed by atoms with Crippen molar-refractivity contribution in [3.8, 4) is 0 Å². The van der Waals surface area contributed by atoms with Crippen LogP contribution in [0.15, 0.2) is 0 Å². The first-order valence-electron chi connectivity index (χ1n) is 5.87. The highest BCUT2D eigenvalue weighted by molar-refractivity contribution is 5.68. The van der Waals surface area contributed by atoms with Crippen molar-refractivity contribution in [1.29, 1.82) is 0 Å². The highest BCUT2D eigenvalue weighted by atomic mass is 16.7. The molecule has 1 saturated heterocycles. The van der Waals surface area contributed by atoms with Gasteiger partial charge in [0.1, 0.15) is 6.23 Å². The van der Waals surface area contributed by atoms with Crippen molar-refractivity contribution in [3.05, 3.63) is 0 Å². The van der Waals surface area contributed by atoms with E-state index in [9.17, 15) is 9.90 Å². The highest BCUT2D eigenvalue weighted by Gasteiger charge is 2.36. The van der Waals surface area contributed by atoms with E-state index < -0.39 is 12.3 Å². The summed E-state index contributed by atoms with van der Waals surface area (Å²) in [5.41, 5.74) is 0. The summed E-state index contributed by atoms with van der Waals surface area (Å²) in [5.74, 6) is 0. The minimum Gasteiger partial charge on any atom is -0.453 e. The maximum atomic E-state index is 11.5. The Kier molecular flexibility index (Phi) is 5.67. The third kappa shape index (κ3) is 3.83. The monoisotopic (exact) mass is 247 g/mol. The quantitative estimate of drug-likeness (QED) is 0.732. The second-order valence-electron chi connectivity index (χ2n) is 3.95. The van der Waals surface area contributed by atoms with Crippen LogP contribution in [0.4, 0.5) is 4.79 Å². The lowest BCUT2D eigenvalue weighted by molar-refractivity contribution is -0.138. The Morgan fingerprint density at radius 1 is 1.47 bits per heavy atom. The van der Waals surface area contributed by atoms with E-state index in [0.717, 1.165) is 0 Å². The predicted molar refractivity (Wildman–Crippen MR) is 60.3 cm³/mol. The highest BCUT2D eigenvalue weighted by Crippen LogP contribution is 2.23. The number of likely N-dealkylation sites (tertiary alicyclic amines) is 1. The third-order valence-electron chi connectivity index (χ3n) is 2.78. The number of methoxy groups -OCH3 is 1. The second kappa shape index (κ2) is 6.78. The van der Waals surface area contributed by atoms with Crippen molar-refractivity contribution in [2.75, 3.05) is 20.3 Å². The van der Waals surface area contributed by atoms with Crippen molar-refractivity contribution in [2.45, 2.75) is 45.2 Å². The van der Waals surface area contributed by atoms with Crippen molar-refractivity contribution in [1.82, 2.24) is 4.90 Å². The van der Waals surface area contributed by atoms with Crippen LogP contribution in [-0.2, 0) is 14.2 Å². The van der Waals surface area contributed by atoms with Gasteiger partial charge >= 0.3 is 6.09 Å². The largest absolute Gasteiger partial charge is 0.453 e. The maximum absolute atomic E-state index is 11.5. The van der Waals surface area contributed by atoms with E-state index in [1.54, 1.807) is 6.92 Å². The Morgan fingerprint density at radius 2 is 2.18 bits per heavy atom. The SMILES string of the molecule is CCOC(C)OC[C@@H]1CCC(O)N1C(=O)OC. The first-order valence-corrected chi connectivity index (χ1v) is 5.87. The molecule has 0 radical (unpaired) electrons. The molecule has 17 heavy (non-hydrogen) atoms. The Bertz CT molecular complexity index is 248. The van der Waals surface area contributed by atoms with Gasteiger partial charge in [-0.2, -0.15) is 0 Å². The molecule has 0 spiro atoms. The summed E-state index contributed by atoms with van der Waals surface area (Å²) in [4.78, 5) is 12.8. The number of rotatable bonds is 5. The zero-order valence-corrected chi connectivity index (χ0v) is 10.6. The molecule has 0 aliphatic carbocycles. The zero-order valence-electron chi connectivity index (χ0n) is 10.6. The van der Waals surface area contributed by atoms with E-state index >= 15 is 0 Å². The first kappa shape index (κ1) is 14.2. The van der Waals surface area contributed by atoms with Crippen molar-refractivity contribution < 1.29 is 24.1 Å². The molecule has 1 rings (SSSR count). The minimum atomic E-state index is -0.779. The third-order valence-corrected chi connectivity index (χ3v) is 2.78. The first-order chi connectivity index (χ1) is 8.10. The minimum absolute atomic E-state index is 0.152. The summed E-state index contributed by atoms with van der Waals surface area (Å²) in [6, 6.07) is -0.152. The average Bonchev–Trinajstić information content (AvgIpc) is 2.67. The number of hydrogen-bond acceptors (Lipinski definition) is 5. The molecule has 100 valence electrons.